The minimum atomic E-state index is -0.520. The number of benzene rings is 2. The summed E-state index contributed by atoms with van der Waals surface area (Å²) >= 11 is 6.15. The zero-order valence-electron chi connectivity index (χ0n) is 15.5. The van der Waals surface area contributed by atoms with E-state index in [4.69, 9.17) is 16.0 Å². The van der Waals surface area contributed by atoms with E-state index < -0.39 is 11.0 Å². The molecule has 150 valence electrons. The van der Waals surface area contributed by atoms with Crippen LogP contribution in [0, 0.1) is 10.1 Å². The van der Waals surface area contributed by atoms with Crippen molar-refractivity contribution in [3.05, 3.63) is 69.6 Å². The van der Waals surface area contributed by atoms with Crippen LogP contribution in [0.3, 0.4) is 0 Å². The van der Waals surface area contributed by atoms with Crippen LogP contribution in [-0.4, -0.2) is 32.6 Å². The van der Waals surface area contributed by atoms with Crippen LogP contribution in [0.5, 0.6) is 0 Å². The van der Waals surface area contributed by atoms with Crippen LogP contribution >= 0.6 is 11.6 Å². The molecule has 29 heavy (non-hydrogen) atoms. The summed E-state index contributed by atoms with van der Waals surface area (Å²) in [4.78, 5) is 24.5. The lowest BCUT2D eigenvalue weighted by Crippen LogP contribution is -2.35. The molecule has 0 spiro atoms. The van der Waals surface area contributed by atoms with E-state index in [2.05, 4.69) is 15.5 Å². The SMILES string of the molecule is CCCN(Cc1nnc(-c2ccccc2Cl)o1)C(=O)Nc1cccc([N+](=O)[O-])c1. The number of rotatable bonds is 7. The average Bonchev–Trinajstić information content (AvgIpc) is 3.16. The van der Waals surface area contributed by atoms with Gasteiger partial charge in [0.1, 0.15) is 6.54 Å². The lowest BCUT2D eigenvalue weighted by atomic mass is 10.2. The van der Waals surface area contributed by atoms with E-state index in [-0.39, 0.29) is 24.0 Å². The number of anilines is 1. The maximum absolute atomic E-state index is 12.7. The van der Waals surface area contributed by atoms with Crippen molar-refractivity contribution < 1.29 is 14.1 Å². The lowest BCUT2D eigenvalue weighted by molar-refractivity contribution is -0.384. The molecule has 0 aliphatic rings. The normalized spacial score (nSPS) is 10.6. The first-order valence-corrected chi connectivity index (χ1v) is 9.23. The van der Waals surface area contributed by atoms with Crippen LogP contribution in [0.1, 0.15) is 19.2 Å². The molecule has 1 heterocycles. The molecule has 2 amide bonds. The Balaban J connectivity index is 1.73. The van der Waals surface area contributed by atoms with Crippen LogP contribution < -0.4 is 5.32 Å². The maximum atomic E-state index is 12.7. The van der Waals surface area contributed by atoms with Crippen molar-refractivity contribution in [3.63, 3.8) is 0 Å². The van der Waals surface area contributed by atoms with E-state index in [9.17, 15) is 14.9 Å². The quantitative estimate of drug-likeness (QED) is 0.440. The second-order valence-corrected chi connectivity index (χ2v) is 6.55. The van der Waals surface area contributed by atoms with Crippen LogP contribution in [0.4, 0.5) is 16.2 Å². The molecule has 0 radical (unpaired) electrons. The van der Waals surface area contributed by atoms with Gasteiger partial charge in [-0.25, -0.2) is 4.79 Å². The third-order valence-corrected chi connectivity index (χ3v) is 4.32. The first-order chi connectivity index (χ1) is 14.0. The number of nitro groups is 1. The van der Waals surface area contributed by atoms with Gasteiger partial charge in [-0.05, 0) is 24.6 Å². The van der Waals surface area contributed by atoms with Crippen molar-refractivity contribution in [2.24, 2.45) is 0 Å². The smallest absolute Gasteiger partial charge is 0.322 e. The van der Waals surface area contributed by atoms with Crippen molar-refractivity contribution in [1.29, 1.82) is 0 Å². The molecule has 0 fully saturated rings. The Bertz CT molecular complexity index is 1020. The van der Waals surface area contributed by atoms with Gasteiger partial charge < -0.3 is 14.6 Å². The zero-order chi connectivity index (χ0) is 20.8. The second-order valence-electron chi connectivity index (χ2n) is 6.14. The first-order valence-electron chi connectivity index (χ1n) is 8.85. The predicted octanol–water partition coefficient (Wildman–Crippen LogP) is 4.74. The van der Waals surface area contributed by atoms with Gasteiger partial charge in [0.25, 0.3) is 5.69 Å². The number of aromatic nitrogens is 2. The highest BCUT2D eigenvalue weighted by molar-refractivity contribution is 6.33. The van der Waals surface area contributed by atoms with E-state index in [0.717, 1.165) is 0 Å². The first kappa shape index (κ1) is 20.3. The monoisotopic (exact) mass is 415 g/mol. The highest BCUT2D eigenvalue weighted by Crippen LogP contribution is 2.26. The van der Waals surface area contributed by atoms with Crippen LogP contribution in [0.15, 0.2) is 52.9 Å². The third-order valence-electron chi connectivity index (χ3n) is 3.99. The Kier molecular flexibility index (Phi) is 6.40. The minimum absolute atomic E-state index is 0.0893. The molecule has 0 unspecified atom stereocenters. The molecule has 0 saturated carbocycles. The van der Waals surface area contributed by atoms with Gasteiger partial charge in [0, 0.05) is 24.4 Å². The molecular formula is C19H18ClN5O4. The maximum Gasteiger partial charge on any atom is 0.322 e. The van der Waals surface area contributed by atoms with Gasteiger partial charge in [-0.3, -0.25) is 10.1 Å². The summed E-state index contributed by atoms with van der Waals surface area (Å²) in [5, 5.41) is 22.0. The number of non-ortho nitro benzene ring substituents is 1. The molecule has 0 aliphatic heterocycles. The number of halogens is 1. The summed E-state index contributed by atoms with van der Waals surface area (Å²) in [5.74, 6) is 0.517. The van der Waals surface area contributed by atoms with Crippen LogP contribution in [-0.2, 0) is 6.54 Å². The van der Waals surface area contributed by atoms with Crippen LogP contribution in [0.25, 0.3) is 11.5 Å². The third kappa shape index (κ3) is 5.08. The fourth-order valence-corrected chi connectivity index (χ4v) is 2.86. The molecule has 0 aliphatic carbocycles. The van der Waals surface area contributed by atoms with Crippen molar-refractivity contribution in [1.82, 2.24) is 15.1 Å². The summed E-state index contributed by atoms with van der Waals surface area (Å²) in [6.45, 7) is 2.45. The molecule has 2 aromatic carbocycles. The number of amides is 2. The fourth-order valence-electron chi connectivity index (χ4n) is 2.65. The number of hydrogen-bond acceptors (Lipinski definition) is 6. The topological polar surface area (TPSA) is 114 Å². The molecule has 0 bridgehead atoms. The Hall–Kier alpha value is -3.46. The summed E-state index contributed by atoms with van der Waals surface area (Å²) in [6.07, 6.45) is 0.702. The summed E-state index contributed by atoms with van der Waals surface area (Å²) < 4.78 is 5.66. The van der Waals surface area contributed by atoms with Crippen molar-refractivity contribution >= 4 is 29.0 Å². The van der Waals surface area contributed by atoms with Crippen molar-refractivity contribution in [2.75, 3.05) is 11.9 Å². The van der Waals surface area contributed by atoms with Crippen molar-refractivity contribution in [3.8, 4) is 11.5 Å². The van der Waals surface area contributed by atoms with Gasteiger partial charge in [0.15, 0.2) is 0 Å². The van der Waals surface area contributed by atoms with E-state index in [1.54, 1.807) is 30.3 Å². The Morgan fingerprint density at radius 3 is 2.76 bits per heavy atom. The zero-order valence-corrected chi connectivity index (χ0v) is 16.3. The molecular weight excluding hydrogens is 398 g/mol. The van der Waals surface area contributed by atoms with Gasteiger partial charge >= 0.3 is 6.03 Å². The number of hydrogen-bond donors (Lipinski definition) is 1. The molecule has 10 heteroatoms. The molecule has 9 nitrogen and oxygen atoms in total. The lowest BCUT2D eigenvalue weighted by Gasteiger charge is -2.20. The largest absolute Gasteiger partial charge is 0.419 e. The summed E-state index contributed by atoms with van der Waals surface area (Å²) in [6, 6.07) is 12.4. The molecule has 1 aromatic heterocycles. The number of carbonyl (C=O) groups excluding carboxylic acids is 1. The second kappa shape index (κ2) is 9.16. The highest BCUT2D eigenvalue weighted by Gasteiger charge is 2.19. The number of carbonyl (C=O) groups is 1. The van der Waals surface area contributed by atoms with E-state index in [1.807, 2.05) is 6.92 Å². The van der Waals surface area contributed by atoms with Gasteiger partial charge in [-0.15, -0.1) is 10.2 Å². The Morgan fingerprint density at radius 2 is 2.03 bits per heavy atom. The molecule has 1 N–H and O–H groups in total. The summed E-state index contributed by atoms with van der Waals surface area (Å²) in [5.41, 5.74) is 0.828. The number of nitrogens with one attached hydrogen (secondary N) is 1. The molecule has 3 aromatic rings. The Morgan fingerprint density at radius 1 is 1.24 bits per heavy atom. The molecule has 0 atom stereocenters. The molecule has 3 rings (SSSR count). The number of urea groups is 1. The average molecular weight is 416 g/mol. The van der Waals surface area contributed by atoms with Crippen LogP contribution in [0.2, 0.25) is 5.02 Å². The number of nitrogens with zero attached hydrogens (tertiary/aromatic N) is 4. The molecule has 0 saturated heterocycles. The minimum Gasteiger partial charge on any atom is -0.419 e. The van der Waals surface area contributed by atoms with Gasteiger partial charge in [0.05, 0.1) is 15.5 Å². The predicted molar refractivity (Wildman–Crippen MR) is 108 cm³/mol. The standard InChI is InChI=1S/C19H18ClN5O4/c1-2-10-24(19(26)21-13-6-5-7-14(11-13)25(27)28)12-17-22-23-18(29-17)15-8-3-4-9-16(15)20/h3-9,11H,2,10,12H2,1H3,(H,21,26). The van der Waals surface area contributed by atoms with E-state index >= 15 is 0 Å². The highest BCUT2D eigenvalue weighted by atomic mass is 35.5. The Labute approximate surface area is 171 Å². The van der Waals surface area contributed by atoms with E-state index in [0.29, 0.717) is 29.2 Å². The van der Waals surface area contributed by atoms with E-state index in [1.165, 1.54) is 23.1 Å². The van der Waals surface area contributed by atoms with Gasteiger partial charge in [0.2, 0.25) is 11.8 Å². The van der Waals surface area contributed by atoms with Crippen molar-refractivity contribution in [2.45, 2.75) is 19.9 Å². The summed E-state index contributed by atoms with van der Waals surface area (Å²) in [7, 11) is 0. The fraction of sp³-hybridized carbons (Fsp3) is 0.211. The van der Waals surface area contributed by atoms with Gasteiger partial charge in [-0.2, -0.15) is 0 Å². The van der Waals surface area contributed by atoms with Gasteiger partial charge in [-0.1, -0.05) is 36.7 Å². The number of nitro benzene ring substituents is 1.